The average Bonchev–Trinajstić information content (AvgIpc) is 2.28. The van der Waals surface area contributed by atoms with Crippen molar-refractivity contribution >= 4 is 28.3 Å². The van der Waals surface area contributed by atoms with E-state index in [9.17, 15) is 0 Å². The van der Waals surface area contributed by atoms with Crippen LogP contribution in [0.2, 0.25) is 5.02 Å². The van der Waals surface area contributed by atoms with Gasteiger partial charge >= 0.3 is 0 Å². The lowest BCUT2D eigenvalue weighted by Crippen LogP contribution is -2.25. The van der Waals surface area contributed by atoms with Crippen LogP contribution in [-0.4, -0.2) is 25.1 Å². The van der Waals surface area contributed by atoms with E-state index >= 15 is 0 Å². The van der Waals surface area contributed by atoms with E-state index in [4.69, 9.17) is 17.3 Å². The van der Waals surface area contributed by atoms with Gasteiger partial charge in [0.2, 0.25) is 0 Å². The van der Waals surface area contributed by atoms with Crippen LogP contribution in [0.15, 0.2) is 30.3 Å². The van der Waals surface area contributed by atoms with Crippen LogP contribution in [0.5, 0.6) is 0 Å². The first-order chi connectivity index (χ1) is 7.70. The van der Waals surface area contributed by atoms with Crippen molar-refractivity contribution in [2.75, 3.05) is 25.0 Å². The Bertz CT molecular complexity index is 499. The molecule has 0 atom stereocenters. The van der Waals surface area contributed by atoms with Gasteiger partial charge in [0.25, 0.3) is 0 Å². The van der Waals surface area contributed by atoms with Crippen LogP contribution >= 0.6 is 11.6 Å². The van der Waals surface area contributed by atoms with Gasteiger partial charge in [-0.05, 0) is 30.3 Å². The number of halogens is 1. The maximum absolute atomic E-state index is 5.92. The van der Waals surface area contributed by atoms with Crippen molar-refractivity contribution < 1.29 is 0 Å². The molecule has 0 radical (unpaired) electrons. The first kappa shape index (κ1) is 11.2. The second-order valence-electron chi connectivity index (χ2n) is 3.72. The molecule has 1 aromatic carbocycles. The fourth-order valence-electron chi connectivity index (χ4n) is 1.61. The van der Waals surface area contributed by atoms with Crippen LogP contribution in [-0.2, 0) is 0 Å². The number of anilines is 1. The Labute approximate surface area is 99.8 Å². The normalized spacial score (nSPS) is 10.7. The van der Waals surface area contributed by atoms with E-state index in [2.05, 4.69) is 4.98 Å². The highest BCUT2D eigenvalue weighted by Crippen LogP contribution is 2.20. The molecular formula is C12H14ClN3. The molecule has 84 valence electrons. The summed E-state index contributed by atoms with van der Waals surface area (Å²) in [4.78, 5) is 6.58. The molecule has 0 saturated heterocycles. The van der Waals surface area contributed by atoms with Crippen LogP contribution in [0.4, 0.5) is 5.82 Å². The van der Waals surface area contributed by atoms with E-state index in [0.29, 0.717) is 6.54 Å². The molecule has 2 rings (SSSR count). The van der Waals surface area contributed by atoms with E-state index in [-0.39, 0.29) is 0 Å². The van der Waals surface area contributed by atoms with Crippen LogP contribution in [0.25, 0.3) is 10.9 Å². The third kappa shape index (κ3) is 2.26. The minimum absolute atomic E-state index is 0.622. The van der Waals surface area contributed by atoms with E-state index in [1.807, 2.05) is 42.3 Å². The van der Waals surface area contributed by atoms with Crippen molar-refractivity contribution in [3.63, 3.8) is 0 Å². The minimum Gasteiger partial charge on any atom is -0.358 e. The lowest BCUT2D eigenvalue weighted by atomic mass is 10.2. The Kier molecular flexibility index (Phi) is 3.27. The molecule has 0 amide bonds. The molecule has 0 aliphatic carbocycles. The zero-order valence-electron chi connectivity index (χ0n) is 9.15. The van der Waals surface area contributed by atoms with Gasteiger partial charge in [0.1, 0.15) is 5.82 Å². The molecule has 2 aromatic rings. The molecule has 4 heteroatoms. The highest BCUT2D eigenvalue weighted by atomic mass is 35.5. The van der Waals surface area contributed by atoms with Gasteiger partial charge in [0.05, 0.1) is 5.52 Å². The van der Waals surface area contributed by atoms with Crippen LogP contribution in [0, 0.1) is 0 Å². The molecule has 0 fully saturated rings. The molecule has 16 heavy (non-hydrogen) atoms. The largest absolute Gasteiger partial charge is 0.358 e. The maximum atomic E-state index is 5.92. The molecule has 1 heterocycles. The molecule has 0 spiro atoms. The van der Waals surface area contributed by atoms with Gasteiger partial charge in [-0.15, -0.1) is 0 Å². The van der Waals surface area contributed by atoms with Crippen LogP contribution < -0.4 is 10.6 Å². The lowest BCUT2D eigenvalue weighted by molar-refractivity contribution is 0.872. The third-order valence-electron chi connectivity index (χ3n) is 2.49. The Balaban J connectivity index is 2.40. The molecule has 2 N–H and O–H groups in total. The van der Waals surface area contributed by atoms with Gasteiger partial charge in [-0.25, -0.2) is 4.98 Å². The molecule has 0 saturated carbocycles. The SMILES string of the molecule is CN(CCN)c1ccc2cc(Cl)ccc2n1. The third-order valence-corrected chi connectivity index (χ3v) is 2.73. The standard InChI is InChI=1S/C12H14ClN3/c1-16(7-6-14)12-5-2-9-8-10(13)3-4-11(9)15-12/h2-5,8H,6-7,14H2,1H3. The molecule has 0 aliphatic rings. The zero-order valence-corrected chi connectivity index (χ0v) is 9.91. The lowest BCUT2D eigenvalue weighted by Gasteiger charge is -2.17. The molecule has 0 bridgehead atoms. The maximum Gasteiger partial charge on any atom is 0.129 e. The number of hydrogen-bond donors (Lipinski definition) is 1. The van der Waals surface area contributed by atoms with Crippen LogP contribution in [0.3, 0.4) is 0 Å². The topological polar surface area (TPSA) is 42.1 Å². The van der Waals surface area contributed by atoms with Gasteiger partial charge in [-0.3, -0.25) is 0 Å². The summed E-state index contributed by atoms with van der Waals surface area (Å²) in [5.41, 5.74) is 6.46. The average molecular weight is 236 g/mol. The van der Waals surface area contributed by atoms with E-state index < -0.39 is 0 Å². The first-order valence-electron chi connectivity index (χ1n) is 5.18. The van der Waals surface area contributed by atoms with Crippen molar-refractivity contribution in [1.29, 1.82) is 0 Å². The summed E-state index contributed by atoms with van der Waals surface area (Å²) >= 11 is 5.92. The van der Waals surface area contributed by atoms with E-state index in [1.54, 1.807) is 0 Å². The summed E-state index contributed by atoms with van der Waals surface area (Å²) in [7, 11) is 1.98. The summed E-state index contributed by atoms with van der Waals surface area (Å²) in [5.74, 6) is 0.931. The summed E-state index contributed by atoms with van der Waals surface area (Å²) in [5, 5.41) is 1.79. The highest BCUT2D eigenvalue weighted by molar-refractivity contribution is 6.31. The Morgan fingerprint density at radius 2 is 2.12 bits per heavy atom. The molecular weight excluding hydrogens is 222 g/mol. The fourth-order valence-corrected chi connectivity index (χ4v) is 1.79. The van der Waals surface area contributed by atoms with Crippen molar-refractivity contribution in [2.45, 2.75) is 0 Å². The second-order valence-corrected chi connectivity index (χ2v) is 4.15. The van der Waals surface area contributed by atoms with Gasteiger partial charge in [0, 0.05) is 30.5 Å². The summed E-state index contributed by atoms with van der Waals surface area (Å²) < 4.78 is 0. The summed E-state index contributed by atoms with van der Waals surface area (Å²) in [6.07, 6.45) is 0. The predicted molar refractivity (Wildman–Crippen MR) is 69.1 cm³/mol. The fraction of sp³-hybridized carbons (Fsp3) is 0.250. The van der Waals surface area contributed by atoms with Crippen molar-refractivity contribution in [3.8, 4) is 0 Å². The highest BCUT2D eigenvalue weighted by Gasteiger charge is 2.03. The number of fused-ring (bicyclic) bond motifs is 1. The first-order valence-corrected chi connectivity index (χ1v) is 5.56. The number of aromatic nitrogens is 1. The second kappa shape index (κ2) is 4.68. The van der Waals surface area contributed by atoms with Crippen molar-refractivity contribution in [1.82, 2.24) is 4.98 Å². The van der Waals surface area contributed by atoms with Gasteiger partial charge in [-0.2, -0.15) is 0 Å². The zero-order chi connectivity index (χ0) is 11.5. The number of pyridine rings is 1. The number of rotatable bonds is 3. The van der Waals surface area contributed by atoms with Gasteiger partial charge in [-0.1, -0.05) is 11.6 Å². The summed E-state index contributed by atoms with van der Waals surface area (Å²) in [6.45, 7) is 1.42. The Hall–Kier alpha value is -1.32. The monoisotopic (exact) mass is 235 g/mol. The van der Waals surface area contributed by atoms with Crippen molar-refractivity contribution in [3.05, 3.63) is 35.4 Å². The number of likely N-dealkylation sites (N-methyl/N-ethyl adjacent to an activating group) is 1. The predicted octanol–water partition coefficient (Wildman–Crippen LogP) is 2.28. The quantitative estimate of drug-likeness (QED) is 0.888. The molecule has 0 unspecified atom stereocenters. The smallest absolute Gasteiger partial charge is 0.129 e. The van der Waals surface area contributed by atoms with E-state index in [1.165, 1.54) is 0 Å². The molecule has 3 nitrogen and oxygen atoms in total. The van der Waals surface area contributed by atoms with Gasteiger partial charge in [0.15, 0.2) is 0 Å². The number of nitrogens with two attached hydrogens (primary N) is 1. The number of hydrogen-bond acceptors (Lipinski definition) is 3. The molecule has 1 aromatic heterocycles. The van der Waals surface area contributed by atoms with Crippen LogP contribution in [0.1, 0.15) is 0 Å². The van der Waals surface area contributed by atoms with E-state index in [0.717, 1.165) is 28.3 Å². The summed E-state index contributed by atoms with van der Waals surface area (Å²) in [6, 6.07) is 9.70. The number of nitrogens with zero attached hydrogens (tertiary/aromatic N) is 2. The van der Waals surface area contributed by atoms with Gasteiger partial charge < -0.3 is 10.6 Å². The Morgan fingerprint density at radius 3 is 2.88 bits per heavy atom. The number of benzene rings is 1. The van der Waals surface area contributed by atoms with Crippen molar-refractivity contribution in [2.24, 2.45) is 5.73 Å². The molecule has 0 aliphatic heterocycles. The minimum atomic E-state index is 0.622. The Morgan fingerprint density at radius 1 is 1.31 bits per heavy atom.